The number of pyridine rings is 1. The van der Waals surface area contributed by atoms with Gasteiger partial charge in [-0.25, -0.2) is 14.5 Å². The van der Waals surface area contributed by atoms with Crippen molar-refractivity contribution in [2.45, 2.75) is 38.9 Å². The minimum atomic E-state index is -4.62. The predicted octanol–water partition coefficient (Wildman–Crippen LogP) is 5.62. The molecule has 1 aromatic carbocycles. The van der Waals surface area contributed by atoms with Crippen LogP contribution >= 0.6 is 11.6 Å². The Morgan fingerprint density at radius 2 is 1.85 bits per heavy atom. The highest BCUT2D eigenvalue weighted by atomic mass is 35.5. The summed E-state index contributed by atoms with van der Waals surface area (Å²) >= 11 is 6.13. The Balaban J connectivity index is 1.81. The van der Waals surface area contributed by atoms with Crippen LogP contribution in [0, 0.1) is 0 Å². The lowest BCUT2D eigenvalue weighted by Crippen LogP contribution is -2.29. The van der Waals surface area contributed by atoms with Crippen LogP contribution in [0.3, 0.4) is 0 Å². The average molecular weight is 495 g/mol. The highest BCUT2D eigenvalue weighted by Gasteiger charge is 2.35. The van der Waals surface area contributed by atoms with Gasteiger partial charge < -0.3 is 15.5 Å². The van der Waals surface area contributed by atoms with E-state index in [9.17, 15) is 18.0 Å². The van der Waals surface area contributed by atoms with Crippen molar-refractivity contribution in [3.63, 3.8) is 0 Å². The van der Waals surface area contributed by atoms with Gasteiger partial charge in [-0.05, 0) is 30.3 Å². The van der Waals surface area contributed by atoms with E-state index in [1.807, 2.05) is 32.9 Å². The van der Waals surface area contributed by atoms with E-state index in [1.165, 1.54) is 25.2 Å². The lowest BCUT2D eigenvalue weighted by Gasteiger charge is -2.19. The zero-order valence-electron chi connectivity index (χ0n) is 19.5. The predicted molar refractivity (Wildman–Crippen MR) is 127 cm³/mol. The molecule has 11 heteroatoms. The molecule has 0 fully saturated rings. The second-order valence-electron chi connectivity index (χ2n) is 8.96. The third-order valence-electron chi connectivity index (χ3n) is 4.89. The Labute approximate surface area is 200 Å². The number of nitrogens with one attached hydrogen (secondary N) is 2. The Hall–Kier alpha value is -3.27. The van der Waals surface area contributed by atoms with Crippen LogP contribution in [0.4, 0.5) is 29.5 Å². The number of aromatic nitrogens is 3. The largest absolute Gasteiger partial charge is 0.420 e. The van der Waals surface area contributed by atoms with Gasteiger partial charge in [0.2, 0.25) is 0 Å². The Morgan fingerprint density at radius 3 is 2.44 bits per heavy atom. The molecule has 0 bridgehead atoms. The molecule has 0 atom stereocenters. The molecule has 2 N–H and O–H groups in total. The third-order valence-corrected chi connectivity index (χ3v) is 5.12. The molecular formula is C23H26ClF3N6O. The molecule has 0 aliphatic rings. The lowest BCUT2D eigenvalue weighted by molar-refractivity contribution is -0.137. The number of anilines is 2. The number of benzene rings is 1. The normalized spacial score (nSPS) is 11.9. The summed E-state index contributed by atoms with van der Waals surface area (Å²) in [7, 11) is 2.93. The van der Waals surface area contributed by atoms with Crippen LogP contribution in [-0.4, -0.2) is 34.9 Å². The first-order valence-electron chi connectivity index (χ1n) is 10.4. The first-order valence-corrected chi connectivity index (χ1v) is 10.8. The van der Waals surface area contributed by atoms with Gasteiger partial charge in [-0.15, -0.1) is 0 Å². The summed E-state index contributed by atoms with van der Waals surface area (Å²) in [5.41, 5.74) is 0.952. The molecule has 0 saturated carbocycles. The van der Waals surface area contributed by atoms with Gasteiger partial charge in [0.1, 0.15) is 11.4 Å². The molecule has 0 aliphatic carbocycles. The van der Waals surface area contributed by atoms with Gasteiger partial charge in [-0.3, -0.25) is 0 Å². The maximum Gasteiger partial charge on any atom is 0.420 e. The van der Waals surface area contributed by atoms with Crippen molar-refractivity contribution in [1.29, 1.82) is 0 Å². The minimum Gasteiger partial charge on any atom is -0.362 e. The molecule has 3 aromatic rings. The van der Waals surface area contributed by atoms with Crippen molar-refractivity contribution in [3.8, 4) is 5.69 Å². The standard InChI is InChI=1S/C23H26ClF3N6O/c1-22(2,3)19-11-17(33(31-19)16-8-6-7-14(24)9-16)13-29-21(34)30-15-10-18(23(25,26)27)20(28-12-15)32(4)5/h6-12H,13H2,1-5H3,(H2,29,30,34). The first kappa shape index (κ1) is 25.4. The Bertz CT molecular complexity index is 1180. The zero-order chi connectivity index (χ0) is 25.3. The van der Waals surface area contributed by atoms with Gasteiger partial charge in [0.05, 0.1) is 35.5 Å². The molecule has 0 saturated heterocycles. The number of carbonyl (C=O) groups is 1. The number of amides is 2. The van der Waals surface area contributed by atoms with E-state index in [0.717, 1.165) is 17.4 Å². The number of hydrogen-bond acceptors (Lipinski definition) is 4. The molecule has 2 aromatic heterocycles. The van der Waals surface area contributed by atoms with E-state index >= 15 is 0 Å². The summed E-state index contributed by atoms with van der Waals surface area (Å²) in [5.74, 6) is -0.237. The van der Waals surface area contributed by atoms with E-state index in [0.29, 0.717) is 10.7 Å². The van der Waals surface area contributed by atoms with E-state index in [2.05, 4.69) is 20.7 Å². The fraction of sp³-hybridized carbons (Fsp3) is 0.348. The summed E-state index contributed by atoms with van der Waals surface area (Å²) in [6, 6.07) is 9.18. The van der Waals surface area contributed by atoms with Crippen LogP contribution in [0.5, 0.6) is 0 Å². The molecule has 182 valence electrons. The molecule has 7 nitrogen and oxygen atoms in total. The molecule has 34 heavy (non-hydrogen) atoms. The number of halogens is 4. The molecule has 0 aliphatic heterocycles. The summed E-state index contributed by atoms with van der Waals surface area (Å²) in [5, 5.41) is 10.3. The van der Waals surface area contributed by atoms with Crippen LogP contribution in [0.25, 0.3) is 5.69 Å². The maximum absolute atomic E-state index is 13.4. The summed E-state index contributed by atoms with van der Waals surface area (Å²) in [4.78, 5) is 17.6. The smallest absolute Gasteiger partial charge is 0.362 e. The van der Waals surface area contributed by atoms with E-state index < -0.39 is 17.8 Å². The lowest BCUT2D eigenvalue weighted by atomic mass is 9.92. The summed E-state index contributed by atoms with van der Waals surface area (Å²) in [6.07, 6.45) is -3.44. The monoisotopic (exact) mass is 494 g/mol. The molecule has 3 rings (SSSR count). The van der Waals surface area contributed by atoms with Crippen molar-refractivity contribution in [2.24, 2.45) is 0 Å². The maximum atomic E-state index is 13.4. The topological polar surface area (TPSA) is 75.1 Å². The SMILES string of the molecule is CN(C)c1ncc(NC(=O)NCc2cc(C(C)(C)C)nn2-c2cccc(Cl)c2)cc1C(F)(F)F. The van der Waals surface area contributed by atoms with Crippen LogP contribution in [0.2, 0.25) is 5.02 Å². The van der Waals surface area contributed by atoms with Crippen LogP contribution in [-0.2, 0) is 18.1 Å². The molecule has 0 spiro atoms. The minimum absolute atomic E-state index is 0.0749. The second kappa shape index (κ2) is 9.54. The first-order chi connectivity index (χ1) is 15.8. The molecule has 2 amide bonds. The van der Waals surface area contributed by atoms with Crippen molar-refractivity contribution in [1.82, 2.24) is 20.1 Å². The van der Waals surface area contributed by atoms with Crippen LogP contribution in [0.1, 0.15) is 37.7 Å². The van der Waals surface area contributed by atoms with Gasteiger partial charge in [0.25, 0.3) is 0 Å². The van der Waals surface area contributed by atoms with Gasteiger partial charge >= 0.3 is 12.2 Å². The average Bonchev–Trinajstić information content (AvgIpc) is 3.16. The van der Waals surface area contributed by atoms with Crippen molar-refractivity contribution in [3.05, 3.63) is 64.6 Å². The van der Waals surface area contributed by atoms with Crippen LogP contribution < -0.4 is 15.5 Å². The Morgan fingerprint density at radius 1 is 1.15 bits per heavy atom. The molecule has 0 unspecified atom stereocenters. The number of urea groups is 1. The zero-order valence-corrected chi connectivity index (χ0v) is 20.2. The van der Waals surface area contributed by atoms with Gasteiger partial charge in [-0.1, -0.05) is 38.4 Å². The van der Waals surface area contributed by atoms with E-state index in [1.54, 1.807) is 22.9 Å². The number of nitrogens with zero attached hydrogens (tertiary/aromatic N) is 4. The van der Waals surface area contributed by atoms with Crippen molar-refractivity contribution >= 4 is 29.1 Å². The van der Waals surface area contributed by atoms with Crippen molar-refractivity contribution < 1.29 is 18.0 Å². The van der Waals surface area contributed by atoms with E-state index in [-0.39, 0.29) is 23.5 Å². The third kappa shape index (κ3) is 5.99. The molecule has 2 heterocycles. The number of hydrogen-bond donors (Lipinski definition) is 2. The summed E-state index contributed by atoms with van der Waals surface area (Å²) < 4.78 is 41.9. The fourth-order valence-electron chi connectivity index (χ4n) is 3.18. The van der Waals surface area contributed by atoms with Crippen molar-refractivity contribution in [2.75, 3.05) is 24.3 Å². The quantitative estimate of drug-likeness (QED) is 0.482. The fourth-order valence-corrected chi connectivity index (χ4v) is 3.37. The number of carbonyl (C=O) groups excluding carboxylic acids is 1. The van der Waals surface area contributed by atoms with Gasteiger partial charge in [0.15, 0.2) is 0 Å². The molecular weight excluding hydrogens is 469 g/mol. The van der Waals surface area contributed by atoms with Gasteiger partial charge in [0, 0.05) is 24.5 Å². The molecule has 0 radical (unpaired) electrons. The number of rotatable bonds is 5. The highest BCUT2D eigenvalue weighted by Crippen LogP contribution is 2.36. The van der Waals surface area contributed by atoms with Gasteiger partial charge in [-0.2, -0.15) is 18.3 Å². The van der Waals surface area contributed by atoms with E-state index in [4.69, 9.17) is 11.6 Å². The summed E-state index contributed by atoms with van der Waals surface area (Å²) in [6.45, 7) is 6.13. The number of alkyl halides is 3. The Kier molecular flexibility index (Phi) is 7.11. The second-order valence-corrected chi connectivity index (χ2v) is 9.39. The highest BCUT2D eigenvalue weighted by molar-refractivity contribution is 6.30. The van der Waals surface area contributed by atoms with Crippen LogP contribution in [0.15, 0.2) is 42.6 Å².